The molecule has 0 saturated carbocycles. The van der Waals surface area contributed by atoms with Crippen LogP contribution in [-0.2, 0) is 21.4 Å². The molecule has 0 bridgehead atoms. The molecule has 0 aromatic heterocycles. The van der Waals surface area contributed by atoms with Crippen molar-refractivity contribution >= 4 is 13.6 Å². The summed E-state index contributed by atoms with van der Waals surface area (Å²) in [5.74, 6) is 1.09. The van der Waals surface area contributed by atoms with Crippen LogP contribution in [0.4, 0.5) is 0 Å². The van der Waals surface area contributed by atoms with E-state index in [2.05, 4.69) is 80.5 Å². The molecule has 3 aliphatic rings. The van der Waals surface area contributed by atoms with E-state index in [-0.39, 0.29) is 0 Å². The van der Waals surface area contributed by atoms with E-state index >= 15 is 0 Å². The second-order valence-electron chi connectivity index (χ2n) is 8.15. The summed E-state index contributed by atoms with van der Waals surface area (Å²) >= 11 is -1.67. The standard InChI is InChI=1S/C21H25Si.2CH3.Hf/c1-13-10-11-14(2)19(13)20-15(3)12-17-8-7-9-18(22(5)6)16(4)21(17)20;;;/h7-11,13,16H,1-6H3;2*1H3;. The number of hydrogen-bond acceptors (Lipinski definition) is 0. The number of rotatable bonds is 2. The predicted octanol–water partition coefficient (Wildman–Crippen LogP) is 6.45. The van der Waals surface area contributed by atoms with Crippen molar-refractivity contribution in [2.75, 3.05) is 0 Å². The van der Waals surface area contributed by atoms with Gasteiger partial charge in [0.05, 0.1) is 0 Å². The molecule has 0 aliphatic heterocycles. The maximum absolute atomic E-state index is 2.56. The second kappa shape index (κ2) is 7.19. The quantitative estimate of drug-likeness (QED) is 0.372. The number of hydrogen-bond donors (Lipinski definition) is 0. The molecule has 0 amide bonds. The first-order valence-corrected chi connectivity index (χ1v) is 21.0. The van der Waals surface area contributed by atoms with Crippen LogP contribution in [0.25, 0.3) is 0 Å². The van der Waals surface area contributed by atoms with Gasteiger partial charge in [-0.3, -0.25) is 0 Å². The Labute approximate surface area is 163 Å². The fourth-order valence-corrected chi connectivity index (χ4v) is 12.1. The summed E-state index contributed by atoms with van der Waals surface area (Å²) in [4.78, 5) is 0. The second-order valence-corrected chi connectivity index (χ2v) is 19.7. The molecule has 25 heavy (non-hydrogen) atoms. The molecule has 0 radical (unpaired) electrons. The SMILES string of the molecule is CC1=C(C2=C3C(=CC=CC(=[Si](C)C)C3C)[C]([Hf]([CH3])[CH3])=C2C)C(C)C=C1. The molecule has 3 aliphatic carbocycles. The third-order valence-electron chi connectivity index (χ3n) is 5.88. The first-order valence-electron chi connectivity index (χ1n) is 9.47. The van der Waals surface area contributed by atoms with Crippen molar-refractivity contribution in [2.45, 2.75) is 50.1 Å². The third kappa shape index (κ3) is 3.14. The van der Waals surface area contributed by atoms with Crippen LogP contribution in [0.15, 0.2) is 67.1 Å². The Balaban J connectivity index is 2.32. The van der Waals surface area contributed by atoms with Crippen molar-refractivity contribution in [3.63, 3.8) is 0 Å². The Bertz CT molecular complexity index is 833. The van der Waals surface area contributed by atoms with Gasteiger partial charge in [0, 0.05) is 0 Å². The molecule has 131 valence electrons. The van der Waals surface area contributed by atoms with E-state index in [9.17, 15) is 0 Å². The molecule has 2 atom stereocenters. The first-order chi connectivity index (χ1) is 11.8. The van der Waals surface area contributed by atoms with Gasteiger partial charge in [-0.05, 0) is 0 Å². The molecule has 2 unspecified atom stereocenters. The molecule has 0 heterocycles. The molecule has 0 nitrogen and oxygen atoms in total. The molecule has 0 aromatic carbocycles. The summed E-state index contributed by atoms with van der Waals surface area (Å²) in [6, 6.07) is 0. The molecule has 0 spiro atoms. The van der Waals surface area contributed by atoms with Crippen molar-refractivity contribution in [2.24, 2.45) is 11.8 Å². The van der Waals surface area contributed by atoms with Gasteiger partial charge in [0.25, 0.3) is 0 Å². The monoisotopic (exact) mass is 515 g/mol. The fourth-order valence-electron chi connectivity index (χ4n) is 4.82. The maximum atomic E-state index is 2.56. The molecule has 3 rings (SSSR count). The van der Waals surface area contributed by atoms with Crippen LogP contribution in [0.1, 0.15) is 27.7 Å². The number of fused-ring (bicyclic) bond motifs is 1. The van der Waals surface area contributed by atoms with Gasteiger partial charge in [-0.2, -0.15) is 0 Å². The van der Waals surface area contributed by atoms with Crippen molar-refractivity contribution in [1.82, 2.24) is 0 Å². The topological polar surface area (TPSA) is 0 Å². The van der Waals surface area contributed by atoms with Crippen LogP contribution in [0.5, 0.6) is 0 Å². The predicted molar refractivity (Wildman–Crippen MR) is 111 cm³/mol. The van der Waals surface area contributed by atoms with E-state index in [0.717, 1.165) is 0 Å². The van der Waals surface area contributed by atoms with Crippen LogP contribution in [0.3, 0.4) is 0 Å². The van der Waals surface area contributed by atoms with Gasteiger partial charge in [-0.1, -0.05) is 0 Å². The zero-order valence-electron chi connectivity index (χ0n) is 17.0. The molecule has 0 saturated heterocycles. The fraction of sp³-hybridized carbons (Fsp3) is 0.435. The molecule has 0 aromatic rings. The summed E-state index contributed by atoms with van der Waals surface area (Å²) in [7, 11) is -0.442. The van der Waals surface area contributed by atoms with Gasteiger partial charge in [-0.25, -0.2) is 0 Å². The van der Waals surface area contributed by atoms with Gasteiger partial charge >= 0.3 is 164 Å². The van der Waals surface area contributed by atoms with E-state index in [0.29, 0.717) is 11.8 Å². The van der Waals surface area contributed by atoms with Crippen LogP contribution >= 0.6 is 0 Å². The Morgan fingerprint density at radius 1 is 1.00 bits per heavy atom. The van der Waals surface area contributed by atoms with E-state index in [1.54, 1.807) is 36.4 Å². The normalized spacial score (nSPS) is 25.8. The third-order valence-corrected chi connectivity index (χ3v) is 13.5. The Morgan fingerprint density at radius 2 is 1.68 bits per heavy atom. The van der Waals surface area contributed by atoms with Gasteiger partial charge in [0.2, 0.25) is 0 Å². The summed E-state index contributed by atoms with van der Waals surface area (Å²) in [6.07, 6.45) is 11.9. The van der Waals surface area contributed by atoms with Crippen molar-refractivity contribution in [3.05, 3.63) is 67.1 Å². The Kier molecular flexibility index (Phi) is 5.51. The molecule has 2 heteroatoms. The van der Waals surface area contributed by atoms with E-state index in [1.165, 1.54) is 5.57 Å². The molecule has 0 N–H and O–H groups in total. The average Bonchev–Trinajstić information content (AvgIpc) is 2.92. The van der Waals surface area contributed by atoms with Gasteiger partial charge in [0.15, 0.2) is 0 Å². The molecular formula is C23H31HfSi. The van der Waals surface area contributed by atoms with Crippen LogP contribution in [-0.4, -0.2) is 13.6 Å². The summed E-state index contributed by atoms with van der Waals surface area (Å²) in [5, 5.41) is 1.67. The van der Waals surface area contributed by atoms with Gasteiger partial charge in [-0.15, -0.1) is 0 Å². The first kappa shape index (κ1) is 19.2. The molecule has 0 fully saturated rings. The van der Waals surface area contributed by atoms with Gasteiger partial charge in [0.1, 0.15) is 0 Å². The van der Waals surface area contributed by atoms with Crippen LogP contribution in [0, 0.1) is 11.8 Å². The van der Waals surface area contributed by atoms with Crippen molar-refractivity contribution in [1.29, 1.82) is 0 Å². The van der Waals surface area contributed by atoms with Crippen molar-refractivity contribution < 1.29 is 21.4 Å². The number of allylic oxidation sites excluding steroid dienone is 12. The summed E-state index contributed by atoms with van der Waals surface area (Å²) < 4.78 is 6.88. The molecular weight excluding hydrogens is 483 g/mol. The van der Waals surface area contributed by atoms with E-state index < -0.39 is 29.8 Å². The van der Waals surface area contributed by atoms with Crippen molar-refractivity contribution in [3.8, 4) is 0 Å². The summed E-state index contributed by atoms with van der Waals surface area (Å²) in [5.41, 5.74) is 9.53. The van der Waals surface area contributed by atoms with E-state index in [4.69, 9.17) is 0 Å². The minimum absolute atomic E-state index is 0.442. The Morgan fingerprint density at radius 3 is 2.20 bits per heavy atom. The van der Waals surface area contributed by atoms with Crippen LogP contribution < -0.4 is 0 Å². The summed E-state index contributed by atoms with van der Waals surface area (Å²) in [6.45, 7) is 14.4. The minimum atomic E-state index is -1.67. The average molecular weight is 514 g/mol. The van der Waals surface area contributed by atoms with E-state index in [1.807, 2.05) is 0 Å². The zero-order chi connectivity index (χ0) is 18.5. The van der Waals surface area contributed by atoms with Crippen LogP contribution in [0.2, 0.25) is 22.5 Å². The van der Waals surface area contributed by atoms with Gasteiger partial charge < -0.3 is 0 Å². The zero-order valence-corrected chi connectivity index (χ0v) is 21.6. The Hall–Kier alpha value is -0.603.